The van der Waals surface area contributed by atoms with Gasteiger partial charge in [0.25, 0.3) is 0 Å². The molecule has 3 nitrogen and oxygen atoms in total. The summed E-state index contributed by atoms with van der Waals surface area (Å²) in [4.78, 5) is 16.5. The van der Waals surface area contributed by atoms with Gasteiger partial charge in [-0.15, -0.1) is 11.3 Å². The lowest BCUT2D eigenvalue weighted by Crippen LogP contribution is -2.08. The van der Waals surface area contributed by atoms with E-state index in [9.17, 15) is 4.79 Å². The molecular weight excluding hydrogens is 234 g/mol. The number of rotatable bonds is 6. The number of hydrogen-bond acceptors (Lipinski definition) is 4. The Morgan fingerprint density at radius 3 is 2.82 bits per heavy atom. The number of thiazole rings is 1. The van der Waals surface area contributed by atoms with Crippen LogP contribution in [0.3, 0.4) is 0 Å². The summed E-state index contributed by atoms with van der Waals surface area (Å²) in [5.41, 5.74) is 1.74. The molecule has 0 N–H and O–H groups in total. The molecule has 0 saturated heterocycles. The molecule has 0 aliphatic carbocycles. The summed E-state index contributed by atoms with van der Waals surface area (Å²) < 4.78 is 5.46. The summed E-state index contributed by atoms with van der Waals surface area (Å²) in [7, 11) is 0. The van der Waals surface area contributed by atoms with Crippen molar-refractivity contribution < 1.29 is 9.53 Å². The highest BCUT2D eigenvalue weighted by molar-refractivity contribution is 7.09. The fourth-order valence-corrected chi connectivity index (χ4v) is 2.03. The molecule has 0 saturated carbocycles. The molecule has 0 bridgehead atoms. The van der Waals surface area contributed by atoms with Crippen LogP contribution in [0.5, 0.6) is 5.75 Å². The van der Waals surface area contributed by atoms with Crippen molar-refractivity contribution in [2.45, 2.75) is 12.8 Å². The Balaban J connectivity index is 1.70. The van der Waals surface area contributed by atoms with Gasteiger partial charge in [0.1, 0.15) is 11.5 Å². The molecule has 0 fully saturated rings. The van der Waals surface area contributed by atoms with Crippen molar-refractivity contribution in [2.75, 3.05) is 6.61 Å². The number of carbonyl (C=O) groups excluding carboxylic acids is 1. The van der Waals surface area contributed by atoms with E-state index in [-0.39, 0.29) is 5.78 Å². The number of ether oxygens (including phenoxy) is 1. The number of carbonyl (C=O) groups is 1. The number of nitrogens with zero attached hydrogens (tertiary/aromatic N) is 1. The van der Waals surface area contributed by atoms with Gasteiger partial charge in [-0.1, -0.05) is 18.2 Å². The largest absolute Gasteiger partial charge is 0.493 e. The van der Waals surface area contributed by atoms with E-state index in [1.165, 1.54) is 11.3 Å². The second-order valence-corrected chi connectivity index (χ2v) is 4.57. The normalized spacial score (nSPS) is 10.1. The fraction of sp³-hybridized carbons (Fsp3) is 0.231. The van der Waals surface area contributed by atoms with E-state index in [0.29, 0.717) is 19.4 Å². The molecule has 0 aliphatic heterocycles. The monoisotopic (exact) mass is 247 g/mol. The number of ketones is 1. The third-order valence-corrected chi connectivity index (χ3v) is 3.03. The van der Waals surface area contributed by atoms with Gasteiger partial charge in [-0.25, -0.2) is 0 Å². The predicted molar refractivity (Wildman–Crippen MR) is 67.4 cm³/mol. The first-order chi connectivity index (χ1) is 8.34. The highest BCUT2D eigenvalue weighted by atomic mass is 32.1. The Labute approximate surface area is 104 Å². The number of hydrogen-bond donors (Lipinski definition) is 0. The van der Waals surface area contributed by atoms with Gasteiger partial charge in [-0.05, 0) is 12.1 Å². The Kier molecular flexibility index (Phi) is 4.27. The van der Waals surface area contributed by atoms with Gasteiger partial charge in [0.05, 0.1) is 12.1 Å². The zero-order valence-corrected chi connectivity index (χ0v) is 10.2. The molecule has 1 heterocycles. The number of benzene rings is 1. The molecule has 0 unspecified atom stereocenters. The standard InChI is InChI=1S/C13H13NO2S/c15-11(8-13-9-14-10-17-13)6-7-16-12-4-2-1-3-5-12/h1-5,9-10H,6-8H2. The number of aromatic nitrogens is 1. The average Bonchev–Trinajstić information content (AvgIpc) is 2.83. The minimum atomic E-state index is 0.185. The molecule has 88 valence electrons. The molecule has 4 heteroatoms. The van der Waals surface area contributed by atoms with Crippen LogP contribution in [-0.2, 0) is 11.2 Å². The quantitative estimate of drug-likeness (QED) is 0.788. The lowest BCUT2D eigenvalue weighted by molar-refractivity contribution is -0.118. The molecule has 2 rings (SSSR count). The Morgan fingerprint density at radius 1 is 1.29 bits per heavy atom. The number of Topliss-reactive ketones (excluding diaryl/α,β-unsaturated/α-hetero) is 1. The molecule has 17 heavy (non-hydrogen) atoms. The molecule has 0 aliphatic rings. The minimum Gasteiger partial charge on any atom is -0.493 e. The third kappa shape index (κ3) is 4.00. The first kappa shape index (κ1) is 11.8. The van der Waals surface area contributed by atoms with Crippen LogP contribution >= 0.6 is 11.3 Å². The topological polar surface area (TPSA) is 39.2 Å². The van der Waals surface area contributed by atoms with Gasteiger partial charge in [0, 0.05) is 23.9 Å². The smallest absolute Gasteiger partial charge is 0.141 e. The van der Waals surface area contributed by atoms with Gasteiger partial charge in [-0.2, -0.15) is 0 Å². The Morgan fingerprint density at radius 2 is 2.12 bits per heavy atom. The maximum absolute atomic E-state index is 11.6. The van der Waals surface area contributed by atoms with E-state index in [1.807, 2.05) is 30.3 Å². The van der Waals surface area contributed by atoms with Crippen molar-refractivity contribution in [3.05, 3.63) is 46.9 Å². The Bertz CT molecular complexity index is 454. The van der Waals surface area contributed by atoms with Crippen LogP contribution in [0.1, 0.15) is 11.3 Å². The van der Waals surface area contributed by atoms with Crippen LogP contribution in [0.15, 0.2) is 42.0 Å². The van der Waals surface area contributed by atoms with Gasteiger partial charge >= 0.3 is 0 Å². The lowest BCUT2D eigenvalue weighted by atomic mass is 10.2. The molecular formula is C13H13NO2S. The summed E-state index contributed by atoms with van der Waals surface area (Å²) in [5, 5.41) is 0. The van der Waals surface area contributed by atoms with Crippen LogP contribution in [0.25, 0.3) is 0 Å². The maximum Gasteiger partial charge on any atom is 0.141 e. The average molecular weight is 247 g/mol. The molecule has 1 aromatic heterocycles. The molecule has 2 aromatic rings. The van der Waals surface area contributed by atoms with Crippen LogP contribution in [0.2, 0.25) is 0 Å². The summed E-state index contributed by atoms with van der Waals surface area (Å²) in [6.07, 6.45) is 2.64. The maximum atomic E-state index is 11.6. The first-order valence-corrected chi connectivity index (χ1v) is 6.29. The third-order valence-electron chi connectivity index (χ3n) is 2.25. The highest BCUT2D eigenvalue weighted by Gasteiger charge is 2.05. The summed E-state index contributed by atoms with van der Waals surface area (Å²) in [5.74, 6) is 0.989. The van der Waals surface area contributed by atoms with Crippen molar-refractivity contribution >= 4 is 17.1 Å². The van der Waals surface area contributed by atoms with Crippen LogP contribution in [-0.4, -0.2) is 17.4 Å². The molecule has 0 spiro atoms. The van der Waals surface area contributed by atoms with Gasteiger partial charge < -0.3 is 4.74 Å². The van der Waals surface area contributed by atoms with Crippen LogP contribution in [0, 0.1) is 0 Å². The van der Waals surface area contributed by atoms with Gasteiger partial charge in [0.2, 0.25) is 0 Å². The minimum absolute atomic E-state index is 0.185. The van der Waals surface area contributed by atoms with Crippen LogP contribution < -0.4 is 4.74 Å². The second kappa shape index (κ2) is 6.15. The van der Waals surface area contributed by atoms with E-state index in [1.54, 1.807) is 11.7 Å². The predicted octanol–water partition coefficient (Wildman–Crippen LogP) is 2.72. The zero-order valence-electron chi connectivity index (χ0n) is 9.33. The van der Waals surface area contributed by atoms with E-state index >= 15 is 0 Å². The van der Waals surface area contributed by atoms with E-state index in [0.717, 1.165) is 10.6 Å². The highest BCUT2D eigenvalue weighted by Crippen LogP contribution is 2.10. The van der Waals surface area contributed by atoms with Crippen molar-refractivity contribution in [2.24, 2.45) is 0 Å². The second-order valence-electron chi connectivity index (χ2n) is 3.59. The summed E-state index contributed by atoms with van der Waals surface area (Å²) >= 11 is 1.51. The van der Waals surface area contributed by atoms with Crippen molar-refractivity contribution in [1.29, 1.82) is 0 Å². The lowest BCUT2D eigenvalue weighted by Gasteiger charge is -2.04. The van der Waals surface area contributed by atoms with E-state index in [2.05, 4.69) is 4.98 Å². The van der Waals surface area contributed by atoms with Gasteiger partial charge in [-0.3, -0.25) is 9.78 Å². The molecule has 0 radical (unpaired) electrons. The fourth-order valence-electron chi connectivity index (χ4n) is 1.41. The van der Waals surface area contributed by atoms with E-state index in [4.69, 9.17) is 4.74 Å². The molecule has 1 aromatic carbocycles. The molecule has 0 atom stereocenters. The van der Waals surface area contributed by atoms with Crippen molar-refractivity contribution in [3.63, 3.8) is 0 Å². The SMILES string of the molecule is O=C(CCOc1ccccc1)Cc1cncs1. The van der Waals surface area contributed by atoms with Gasteiger partial charge in [0.15, 0.2) is 0 Å². The zero-order chi connectivity index (χ0) is 11.9. The van der Waals surface area contributed by atoms with Crippen molar-refractivity contribution in [3.8, 4) is 5.75 Å². The summed E-state index contributed by atoms with van der Waals surface area (Å²) in [6.45, 7) is 0.432. The first-order valence-electron chi connectivity index (χ1n) is 5.41. The number of para-hydroxylation sites is 1. The van der Waals surface area contributed by atoms with E-state index < -0.39 is 0 Å². The van der Waals surface area contributed by atoms with Crippen LogP contribution in [0.4, 0.5) is 0 Å². The Hall–Kier alpha value is -1.68. The molecule has 0 amide bonds. The van der Waals surface area contributed by atoms with Crippen molar-refractivity contribution in [1.82, 2.24) is 4.98 Å². The summed E-state index contributed by atoms with van der Waals surface area (Å²) in [6, 6.07) is 9.52.